The lowest BCUT2D eigenvalue weighted by Crippen LogP contribution is -2.38. The van der Waals surface area contributed by atoms with E-state index in [0.717, 1.165) is 31.2 Å². The van der Waals surface area contributed by atoms with Crippen molar-refractivity contribution in [3.8, 4) is 0 Å². The lowest BCUT2D eigenvalue weighted by atomic mass is 10.1. The number of carbonyl (C=O) groups excluding carboxylic acids is 2. The summed E-state index contributed by atoms with van der Waals surface area (Å²) in [6.45, 7) is 0.527. The molecule has 0 aromatic heterocycles. The first-order chi connectivity index (χ1) is 12.5. The van der Waals surface area contributed by atoms with Crippen molar-refractivity contribution in [3.63, 3.8) is 0 Å². The monoisotopic (exact) mass is 362 g/mol. The molecule has 7 heteroatoms. The molecule has 2 N–H and O–H groups in total. The first-order valence-corrected chi connectivity index (χ1v) is 8.88. The highest BCUT2D eigenvalue weighted by molar-refractivity contribution is 5.95. The minimum absolute atomic E-state index is 0.0925. The molecule has 1 aromatic carbocycles. The topological polar surface area (TPSA) is 95.9 Å². The lowest BCUT2D eigenvalue weighted by Gasteiger charge is -2.20. The van der Waals surface area contributed by atoms with Crippen LogP contribution in [0, 0.1) is 5.92 Å². The number of benzene rings is 1. The Kier molecular flexibility index (Phi) is 7.59. The minimum atomic E-state index is -1.07. The zero-order valence-corrected chi connectivity index (χ0v) is 15.1. The van der Waals surface area contributed by atoms with Gasteiger partial charge in [-0.1, -0.05) is 25.0 Å². The molecule has 26 heavy (non-hydrogen) atoms. The summed E-state index contributed by atoms with van der Waals surface area (Å²) in [5.41, 5.74) is 1.31. The Morgan fingerprint density at radius 2 is 1.85 bits per heavy atom. The van der Waals surface area contributed by atoms with Crippen molar-refractivity contribution in [2.24, 2.45) is 5.92 Å². The molecule has 7 nitrogen and oxygen atoms in total. The van der Waals surface area contributed by atoms with Crippen molar-refractivity contribution in [1.82, 2.24) is 10.2 Å². The molecule has 0 heterocycles. The number of ether oxygens (including phenoxy) is 1. The summed E-state index contributed by atoms with van der Waals surface area (Å²) >= 11 is 0. The summed E-state index contributed by atoms with van der Waals surface area (Å²) in [6.07, 6.45) is 4.15. The molecule has 1 aliphatic rings. The van der Waals surface area contributed by atoms with Gasteiger partial charge in [0.2, 0.25) is 5.91 Å². The van der Waals surface area contributed by atoms with E-state index in [2.05, 4.69) is 5.32 Å². The van der Waals surface area contributed by atoms with Gasteiger partial charge in [-0.15, -0.1) is 0 Å². The van der Waals surface area contributed by atoms with Crippen LogP contribution < -0.4 is 5.32 Å². The number of nitrogens with zero attached hydrogens (tertiary/aromatic N) is 1. The number of hydrogen-bond acceptors (Lipinski definition) is 4. The Morgan fingerprint density at radius 3 is 2.42 bits per heavy atom. The average molecular weight is 362 g/mol. The van der Waals surface area contributed by atoms with E-state index in [9.17, 15) is 14.4 Å². The molecule has 0 radical (unpaired) electrons. The van der Waals surface area contributed by atoms with Gasteiger partial charge in [-0.2, -0.15) is 0 Å². The Morgan fingerprint density at radius 1 is 1.19 bits per heavy atom. The van der Waals surface area contributed by atoms with E-state index < -0.39 is 5.97 Å². The van der Waals surface area contributed by atoms with Crippen molar-refractivity contribution in [3.05, 3.63) is 35.4 Å². The highest BCUT2D eigenvalue weighted by Crippen LogP contribution is 2.24. The van der Waals surface area contributed by atoms with Gasteiger partial charge in [0.05, 0.1) is 6.61 Å². The van der Waals surface area contributed by atoms with Crippen LogP contribution in [0.2, 0.25) is 0 Å². The van der Waals surface area contributed by atoms with Gasteiger partial charge in [-0.3, -0.25) is 14.4 Å². The fraction of sp³-hybridized carbons (Fsp3) is 0.526. The van der Waals surface area contributed by atoms with Gasteiger partial charge < -0.3 is 20.1 Å². The molecule has 0 saturated heterocycles. The van der Waals surface area contributed by atoms with Gasteiger partial charge in [-0.05, 0) is 30.5 Å². The summed E-state index contributed by atoms with van der Waals surface area (Å²) < 4.78 is 4.93. The van der Waals surface area contributed by atoms with Crippen molar-refractivity contribution in [2.75, 3.05) is 26.8 Å². The molecule has 1 aromatic rings. The van der Waals surface area contributed by atoms with Gasteiger partial charge in [0.25, 0.3) is 5.91 Å². The third kappa shape index (κ3) is 5.84. The third-order valence-corrected chi connectivity index (χ3v) is 4.57. The number of nitrogens with one attached hydrogen (secondary N) is 1. The van der Waals surface area contributed by atoms with Crippen LogP contribution >= 0.6 is 0 Å². The lowest BCUT2D eigenvalue weighted by molar-refractivity contribution is -0.137. The normalized spacial score (nSPS) is 14.2. The number of carbonyl (C=O) groups is 3. The maximum Gasteiger partial charge on any atom is 0.323 e. The van der Waals surface area contributed by atoms with Gasteiger partial charge in [0.15, 0.2) is 0 Å². The standard InChI is InChI=1S/C19H26N2O5/c1-26-11-10-21(13-17(22)23)19(25)16-8-6-14(7-9-16)12-20-18(24)15-4-2-3-5-15/h6-9,15H,2-5,10-13H2,1H3,(H,20,24)(H,22,23). The fourth-order valence-corrected chi connectivity index (χ4v) is 3.09. The van der Waals surface area contributed by atoms with Crippen molar-refractivity contribution < 1.29 is 24.2 Å². The summed E-state index contributed by atoms with van der Waals surface area (Å²) in [4.78, 5) is 36.7. The van der Waals surface area contributed by atoms with Crippen LogP contribution in [0.25, 0.3) is 0 Å². The van der Waals surface area contributed by atoms with Crippen molar-refractivity contribution in [1.29, 1.82) is 0 Å². The zero-order chi connectivity index (χ0) is 18.9. The predicted molar refractivity (Wildman–Crippen MR) is 95.7 cm³/mol. The van der Waals surface area contributed by atoms with E-state index >= 15 is 0 Å². The maximum absolute atomic E-state index is 12.5. The molecule has 2 amide bonds. The van der Waals surface area contributed by atoms with Gasteiger partial charge in [0.1, 0.15) is 6.54 Å². The maximum atomic E-state index is 12.5. The quantitative estimate of drug-likeness (QED) is 0.697. The second-order valence-electron chi connectivity index (χ2n) is 6.51. The van der Waals surface area contributed by atoms with Crippen LogP contribution in [-0.2, 0) is 20.9 Å². The fourth-order valence-electron chi connectivity index (χ4n) is 3.09. The number of rotatable bonds is 9. The Hall–Kier alpha value is -2.41. The summed E-state index contributed by atoms with van der Waals surface area (Å²) in [5.74, 6) is -1.21. The molecule has 0 bridgehead atoms. The molecule has 0 unspecified atom stereocenters. The van der Waals surface area contributed by atoms with Gasteiger partial charge in [-0.25, -0.2) is 0 Å². The number of aliphatic carboxylic acids is 1. The Balaban J connectivity index is 1.92. The van der Waals surface area contributed by atoms with Crippen LogP contribution in [0.1, 0.15) is 41.6 Å². The largest absolute Gasteiger partial charge is 0.480 e. The minimum Gasteiger partial charge on any atom is -0.480 e. The van der Waals surface area contributed by atoms with Crippen LogP contribution in [0.4, 0.5) is 0 Å². The van der Waals surface area contributed by atoms with E-state index in [1.54, 1.807) is 24.3 Å². The highest BCUT2D eigenvalue weighted by atomic mass is 16.5. The number of hydrogen-bond donors (Lipinski definition) is 2. The molecule has 0 spiro atoms. The molecule has 1 saturated carbocycles. The second kappa shape index (κ2) is 9.91. The molecule has 2 rings (SSSR count). The number of carboxylic acids is 1. The van der Waals surface area contributed by atoms with E-state index in [0.29, 0.717) is 12.1 Å². The third-order valence-electron chi connectivity index (χ3n) is 4.57. The van der Waals surface area contributed by atoms with Crippen LogP contribution in [0.15, 0.2) is 24.3 Å². The molecular formula is C19H26N2O5. The molecule has 0 atom stereocenters. The molecular weight excluding hydrogens is 336 g/mol. The SMILES string of the molecule is COCCN(CC(=O)O)C(=O)c1ccc(CNC(=O)C2CCCC2)cc1. The molecule has 1 fully saturated rings. The highest BCUT2D eigenvalue weighted by Gasteiger charge is 2.22. The first kappa shape index (κ1) is 19.9. The van der Waals surface area contributed by atoms with Crippen LogP contribution in [0.3, 0.4) is 0 Å². The smallest absolute Gasteiger partial charge is 0.323 e. The van der Waals surface area contributed by atoms with E-state index in [4.69, 9.17) is 9.84 Å². The van der Waals surface area contributed by atoms with Crippen LogP contribution in [0.5, 0.6) is 0 Å². The Bertz CT molecular complexity index is 623. The zero-order valence-electron chi connectivity index (χ0n) is 15.1. The number of amides is 2. The van der Waals surface area contributed by atoms with Crippen molar-refractivity contribution in [2.45, 2.75) is 32.2 Å². The second-order valence-corrected chi connectivity index (χ2v) is 6.51. The summed E-state index contributed by atoms with van der Waals surface area (Å²) in [7, 11) is 1.50. The van der Waals surface area contributed by atoms with Gasteiger partial charge in [0, 0.05) is 31.7 Å². The Labute approximate surface area is 153 Å². The average Bonchev–Trinajstić information content (AvgIpc) is 3.17. The van der Waals surface area contributed by atoms with E-state index in [-0.39, 0.29) is 37.4 Å². The first-order valence-electron chi connectivity index (χ1n) is 8.88. The van der Waals surface area contributed by atoms with Gasteiger partial charge >= 0.3 is 5.97 Å². The molecule has 0 aliphatic heterocycles. The summed E-state index contributed by atoms with van der Waals surface area (Å²) in [6, 6.07) is 6.86. The molecule has 142 valence electrons. The van der Waals surface area contributed by atoms with Crippen LogP contribution in [-0.4, -0.2) is 54.6 Å². The number of methoxy groups -OCH3 is 1. The summed E-state index contributed by atoms with van der Waals surface area (Å²) in [5, 5.41) is 11.9. The van der Waals surface area contributed by atoms with E-state index in [1.807, 2.05) is 0 Å². The van der Waals surface area contributed by atoms with Crippen molar-refractivity contribution >= 4 is 17.8 Å². The predicted octanol–water partition coefficient (Wildman–Crippen LogP) is 1.67. The van der Waals surface area contributed by atoms with E-state index in [1.165, 1.54) is 12.0 Å². The number of carboxylic acid groups (broad SMARTS) is 1. The molecule has 1 aliphatic carbocycles.